The Morgan fingerprint density at radius 2 is 2.23 bits per heavy atom. The minimum atomic E-state index is -0.346. The van der Waals surface area contributed by atoms with Crippen LogP contribution in [0.1, 0.15) is 38.0 Å². The number of aldehydes is 1. The smallest absolute Gasteiger partial charge is 0.333 e. The van der Waals surface area contributed by atoms with Crippen molar-refractivity contribution in [1.29, 1.82) is 0 Å². The van der Waals surface area contributed by atoms with Gasteiger partial charge in [-0.3, -0.25) is 4.79 Å². The van der Waals surface area contributed by atoms with Gasteiger partial charge < -0.3 is 9.47 Å². The van der Waals surface area contributed by atoms with Crippen molar-refractivity contribution >= 4 is 12.3 Å². The molecule has 0 fully saturated rings. The maximum absolute atomic E-state index is 11.8. The first kappa shape index (κ1) is 16.0. The highest BCUT2D eigenvalue weighted by molar-refractivity contribution is 5.87. The Morgan fingerprint density at radius 3 is 2.86 bits per heavy atom. The van der Waals surface area contributed by atoms with Gasteiger partial charge in [-0.2, -0.15) is 0 Å². The molecule has 0 saturated heterocycles. The minimum absolute atomic E-state index is 0.300. The van der Waals surface area contributed by atoms with Gasteiger partial charge in [-0.25, -0.2) is 4.79 Å². The summed E-state index contributed by atoms with van der Waals surface area (Å²) in [6, 6.07) is 5.67. The quantitative estimate of drug-likeness (QED) is 0.475. The first-order valence-electron chi connectivity index (χ1n) is 7.23. The van der Waals surface area contributed by atoms with Gasteiger partial charge in [-0.1, -0.05) is 18.7 Å². The molecule has 0 aliphatic carbocycles. The molecule has 0 bridgehead atoms. The highest BCUT2D eigenvalue weighted by Crippen LogP contribution is 2.33. The molecule has 0 spiro atoms. The van der Waals surface area contributed by atoms with E-state index in [4.69, 9.17) is 9.47 Å². The van der Waals surface area contributed by atoms with Gasteiger partial charge >= 0.3 is 5.97 Å². The van der Waals surface area contributed by atoms with E-state index in [-0.39, 0.29) is 18.2 Å². The van der Waals surface area contributed by atoms with E-state index in [2.05, 4.69) is 6.58 Å². The summed E-state index contributed by atoms with van der Waals surface area (Å²) in [7, 11) is 0. The van der Waals surface area contributed by atoms with Crippen LogP contribution >= 0.6 is 0 Å². The van der Waals surface area contributed by atoms with Gasteiger partial charge in [0.15, 0.2) is 0 Å². The molecule has 0 unspecified atom stereocenters. The Bertz CT molecular complexity index is 642. The number of ether oxygens (including phenoxy) is 2. The third-order valence-electron chi connectivity index (χ3n) is 3.83. The molecule has 116 valence electrons. The maximum atomic E-state index is 11.8. The predicted octanol–water partition coefficient (Wildman–Crippen LogP) is 3.32. The van der Waals surface area contributed by atoms with Gasteiger partial charge in [0, 0.05) is 17.6 Å². The molecule has 4 heteroatoms. The first-order chi connectivity index (χ1) is 10.5. The highest BCUT2D eigenvalue weighted by Gasteiger charge is 2.26. The van der Waals surface area contributed by atoms with Crippen LogP contribution in [-0.4, -0.2) is 18.4 Å². The second kappa shape index (κ2) is 6.60. The van der Waals surface area contributed by atoms with Crippen molar-refractivity contribution in [1.82, 2.24) is 0 Å². The Hall–Kier alpha value is -2.36. The van der Waals surface area contributed by atoms with Crippen molar-refractivity contribution < 1.29 is 19.1 Å². The molecule has 1 aliphatic heterocycles. The lowest BCUT2D eigenvalue weighted by Crippen LogP contribution is -2.16. The number of carbonyl (C=O) groups excluding carboxylic acids is 2. The van der Waals surface area contributed by atoms with E-state index in [9.17, 15) is 9.59 Å². The molecule has 1 heterocycles. The van der Waals surface area contributed by atoms with Gasteiger partial charge in [0.25, 0.3) is 0 Å². The lowest BCUT2D eigenvalue weighted by atomic mass is 10.0. The average Bonchev–Trinajstić information content (AvgIpc) is 2.95. The molecule has 1 aromatic carbocycles. The topological polar surface area (TPSA) is 52.6 Å². The lowest BCUT2D eigenvalue weighted by Gasteiger charge is -2.14. The van der Waals surface area contributed by atoms with Crippen molar-refractivity contribution in [3.63, 3.8) is 0 Å². The summed E-state index contributed by atoms with van der Waals surface area (Å²) in [6.45, 7) is 9.05. The molecule has 0 saturated carbocycles. The molecule has 4 nitrogen and oxygen atoms in total. The summed E-state index contributed by atoms with van der Waals surface area (Å²) in [5.41, 5.74) is 2.91. The zero-order valence-electron chi connectivity index (χ0n) is 13.1. The zero-order chi connectivity index (χ0) is 16.3. The third kappa shape index (κ3) is 3.27. The number of rotatable bonds is 5. The van der Waals surface area contributed by atoms with Crippen molar-refractivity contribution in [3.05, 3.63) is 53.1 Å². The number of benzene rings is 1. The number of esters is 1. The fraction of sp³-hybridized carbons (Fsp3) is 0.333. The van der Waals surface area contributed by atoms with Gasteiger partial charge in [0.2, 0.25) is 0 Å². The SMILES string of the molecule is C=C(C=O)[C@H]1Cc2cc([C@@H](C)OC(=O)C(C)=CC)ccc2O1. The number of allylic oxidation sites excluding steroid dienone is 1. The predicted molar refractivity (Wildman–Crippen MR) is 83.7 cm³/mol. The van der Waals surface area contributed by atoms with Gasteiger partial charge in [0.1, 0.15) is 24.2 Å². The monoisotopic (exact) mass is 300 g/mol. The largest absolute Gasteiger partial charge is 0.485 e. The van der Waals surface area contributed by atoms with Crippen molar-refractivity contribution in [2.45, 2.75) is 39.4 Å². The fourth-order valence-electron chi connectivity index (χ4n) is 2.24. The molecule has 22 heavy (non-hydrogen) atoms. The normalized spacial score (nSPS) is 18.1. The molecule has 1 aromatic rings. The summed E-state index contributed by atoms with van der Waals surface area (Å²) in [5.74, 6) is 0.430. The Labute approximate surface area is 130 Å². The number of hydrogen-bond donors (Lipinski definition) is 0. The minimum Gasteiger partial charge on any atom is -0.485 e. The molecular weight excluding hydrogens is 280 g/mol. The molecule has 0 amide bonds. The van der Waals surface area contributed by atoms with Gasteiger partial charge in [-0.05, 0) is 44.0 Å². The van der Waals surface area contributed by atoms with Crippen LogP contribution in [0, 0.1) is 0 Å². The molecular formula is C18H20O4. The van der Waals surface area contributed by atoms with Crippen LogP contribution < -0.4 is 4.74 Å². The maximum Gasteiger partial charge on any atom is 0.333 e. The molecule has 2 atom stereocenters. The summed E-state index contributed by atoms with van der Waals surface area (Å²) >= 11 is 0. The van der Waals surface area contributed by atoms with E-state index in [1.807, 2.05) is 25.1 Å². The Kier molecular flexibility index (Phi) is 4.81. The van der Waals surface area contributed by atoms with Crippen molar-refractivity contribution in [2.75, 3.05) is 0 Å². The van der Waals surface area contributed by atoms with Crippen LogP contribution in [0.5, 0.6) is 5.75 Å². The van der Waals surface area contributed by atoms with E-state index in [0.717, 1.165) is 23.2 Å². The van der Waals surface area contributed by atoms with Gasteiger partial charge in [-0.15, -0.1) is 0 Å². The highest BCUT2D eigenvalue weighted by atomic mass is 16.5. The van der Waals surface area contributed by atoms with Crippen LogP contribution in [0.3, 0.4) is 0 Å². The van der Waals surface area contributed by atoms with E-state index < -0.39 is 0 Å². The fourth-order valence-corrected chi connectivity index (χ4v) is 2.24. The van der Waals surface area contributed by atoms with Crippen molar-refractivity contribution in [3.8, 4) is 5.75 Å². The number of fused-ring (bicyclic) bond motifs is 1. The Morgan fingerprint density at radius 1 is 1.50 bits per heavy atom. The number of hydrogen-bond acceptors (Lipinski definition) is 4. The summed E-state index contributed by atoms with van der Waals surface area (Å²) in [4.78, 5) is 22.6. The van der Waals surface area contributed by atoms with Crippen LogP contribution in [0.4, 0.5) is 0 Å². The third-order valence-corrected chi connectivity index (χ3v) is 3.83. The van der Waals surface area contributed by atoms with Crippen LogP contribution in [0.2, 0.25) is 0 Å². The van der Waals surface area contributed by atoms with Crippen molar-refractivity contribution in [2.24, 2.45) is 0 Å². The molecule has 0 radical (unpaired) electrons. The Balaban J connectivity index is 2.12. The van der Waals surface area contributed by atoms with E-state index in [1.165, 1.54) is 0 Å². The molecule has 0 N–H and O–H groups in total. The second-order valence-electron chi connectivity index (χ2n) is 5.39. The van der Waals surface area contributed by atoms with Crippen LogP contribution in [0.25, 0.3) is 0 Å². The number of carbonyl (C=O) groups is 2. The van der Waals surface area contributed by atoms with E-state index in [1.54, 1.807) is 19.9 Å². The summed E-state index contributed by atoms with van der Waals surface area (Å²) < 4.78 is 11.1. The van der Waals surface area contributed by atoms with E-state index >= 15 is 0 Å². The lowest BCUT2D eigenvalue weighted by molar-refractivity contribution is -0.143. The molecule has 2 rings (SSSR count). The summed E-state index contributed by atoms with van der Waals surface area (Å²) in [6.07, 6.45) is 2.41. The first-order valence-corrected chi connectivity index (χ1v) is 7.23. The van der Waals surface area contributed by atoms with Crippen LogP contribution in [0.15, 0.2) is 42.0 Å². The zero-order valence-corrected chi connectivity index (χ0v) is 13.1. The van der Waals surface area contributed by atoms with Crippen LogP contribution in [-0.2, 0) is 20.7 Å². The second-order valence-corrected chi connectivity index (χ2v) is 5.39. The standard InChI is InChI=1S/C18H20O4/c1-5-11(2)18(20)21-13(4)14-6-7-16-15(8-14)9-17(22-16)12(3)10-19/h5-8,10,13,17H,3,9H2,1-2,4H3/t13-,17-/m1/s1. The van der Waals surface area contributed by atoms with Gasteiger partial charge in [0.05, 0.1) is 0 Å². The molecule has 1 aliphatic rings. The molecule has 0 aromatic heterocycles. The average molecular weight is 300 g/mol. The summed E-state index contributed by atoms with van der Waals surface area (Å²) in [5, 5.41) is 0. The van der Waals surface area contributed by atoms with E-state index in [0.29, 0.717) is 17.6 Å².